The van der Waals surface area contributed by atoms with Crippen molar-refractivity contribution < 1.29 is 9.90 Å². The van der Waals surface area contributed by atoms with Crippen molar-refractivity contribution in [3.8, 4) is 22.3 Å². The number of carbonyl (C=O) groups is 1. The zero-order valence-electron chi connectivity index (χ0n) is 13.5. The molecule has 4 rings (SSSR count). The summed E-state index contributed by atoms with van der Waals surface area (Å²) in [6.07, 6.45) is 3.56. The summed E-state index contributed by atoms with van der Waals surface area (Å²) in [5.74, 6) is -0.285. The molecule has 0 saturated heterocycles. The zero-order valence-corrected chi connectivity index (χ0v) is 13.5. The molecular formula is C20H15N3O2. The fraction of sp³-hybridized carbons (Fsp3) is 0.0500. The number of aromatic carboxylic acids is 1. The smallest absolute Gasteiger partial charge is 0.337 e. The number of rotatable bonds is 3. The third-order valence-corrected chi connectivity index (χ3v) is 4.15. The summed E-state index contributed by atoms with van der Waals surface area (Å²) in [7, 11) is 0. The number of hydrogen-bond acceptors (Lipinski definition) is 3. The second-order valence-electron chi connectivity index (χ2n) is 5.87. The number of aromatic amines is 1. The van der Waals surface area contributed by atoms with Crippen molar-refractivity contribution in [2.24, 2.45) is 0 Å². The van der Waals surface area contributed by atoms with E-state index in [2.05, 4.69) is 15.0 Å². The number of benzene rings is 2. The fourth-order valence-corrected chi connectivity index (χ4v) is 2.96. The highest BCUT2D eigenvalue weighted by Crippen LogP contribution is 2.29. The van der Waals surface area contributed by atoms with E-state index < -0.39 is 5.97 Å². The maximum atomic E-state index is 11.6. The van der Waals surface area contributed by atoms with Crippen LogP contribution in [-0.4, -0.2) is 26.0 Å². The molecule has 5 heteroatoms. The summed E-state index contributed by atoms with van der Waals surface area (Å²) in [5.41, 5.74) is 5.31. The van der Waals surface area contributed by atoms with Crippen molar-refractivity contribution in [3.05, 3.63) is 72.3 Å². The Morgan fingerprint density at radius 2 is 1.72 bits per heavy atom. The lowest BCUT2D eigenvalue weighted by Crippen LogP contribution is -1.98. The van der Waals surface area contributed by atoms with Gasteiger partial charge in [0.2, 0.25) is 0 Å². The summed E-state index contributed by atoms with van der Waals surface area (Å²) in [5, 5.41) is 9.50. The number of pyridine rings is 1. The van der Waals surface area contributed by atoms with Crippen molar-refractivity contribution in [2.45, 2.75) is 6.92 Å². The molecule has 2 aromatic heterocycles. The molecule has 4 aromatic rings. The Labute approximate surface area is 144 Å². The summed E-state index contributed by atoms with van der Waals surface area (Å²) in [6, 6.07) is 15.5. The van der Waals surface area contributed by atoms with Gasteiger partial charge < -0.3 is 10.1 Å². The number of hydrogen-bond donors (Lipinski definition) is 2. The van der Waals surface area contributed by atoms with Gasteiger partial charge in [-0.1, -0.05) is 30.3 Å². The van der Waals surface area contributed by atoms with Crippen molar-refractivity contribution in [1.82, 2.24) is 15.0 Å². The average Bonchev–Trinajstić information content (AvgIpc) is 3.01. The molecule has 0 saturated carbocycles. The topological polar surface area (TPSA) is 78.9 Å². The van der Waals surface area contributed by atoms with E-state index in [0.717, 1.165) is 27.8 Å². The number of nitrogens with one attached hydrogen (secondary N) is 1. The van der Waals surface area contributed by atoms with Crippen LogP contribution in [0.2, 0.25) is 0 Å². The van der Waals surface area contributed by atoms with Crippen LogP contribution in [0.25, 0.3) is 33.3 Å². The molecule has 0 aliphatic rings. The van der Waals surface area contributed by atoms with Gasteiger partial charge in [0.15, 0.2) is 0 Å². The predicted molar refractivity (Wildman–Crippen MR) is 96.5 cm³/mol. The van der Waals surface area contributed by atoms with Crippen LogP contribution in [0.15, 0.2) is 60.9 Å². The molecule has 0 radical (unpaired) electrons. The molecule has 122 valence electrons. The molecule has 2 N–H and O–H groups in total. The normalized spacial score (nSPS) is 10.9. The molecule has 25 heavy (non-hydrogen) atoms. The molecule has 0 amide bonds. The fourth-order valence-electron chi connectivity index (χ4n) is 2.96. The number of aryl methyl sites for hydroxylation is 1. The van der Waals surface area contributed by atoms with Crippen molar-refractivity contribution in [2.75, 3.05) is 0 Å². The molecule has 0 spiro atoms. The molecule has 0 fully saturated rings. The largest absolute Gasteiger partial charge is 0.478 e. The lowest BCUT2D eigenvalue weighted by molar-refractivity contribution is 0.0699. The first-order valence-electron chi connectivity index (χ1n) is 7.86. The quantitative estimate of drug-likeness (QED) is 0.587. The van der Waals surface area contributed by atoms with E-state index in [9.17, 15) is 9.90 Å². The third-order valence-electron chi connectivity index (χ3n) is 4.15. The molecule has 0 bridgehead atoms. The second-order valence-corrected chi connectivity index (χ2v) is 5.87. The zero-order chi connectivity index (χ0) is 17.4. The molecule has 0 unspecified atom stereocenters. The summed E-state index contributed by atoms with van der Waals surface area (Å²) >= 11 is 0. The summed E-state index contributed by atoms with van der Waals surface area (Å²) < 4.78 is 0. The Bertz CT molecular complexity index is 1070. The highest BCUT2D eigenvalue weighted by molar-refractivity contribution is 6.03. The van der Waals surface area contributed by atoms with Crippen molar-refractivity contribution in [3.63, 3.8) is 0 Å². The minimum Gasteiger partial charge on any atom is -0.478 e. The lowest BCUT2D eigenvalue weighted by atomic mass is 9.99. The Kier molecular flexibility index (Phi) is 3.54. The van der Waals surface area contributed by atoms with Crippen LogP contribution in [0, 0.1) is 6.92 Å². The SMILES string of the molecule is Cc1nc2c(C(=O)O)cc(-c3ccc(-c4cccnc4)cc3)cc2[nH]1. The van der Waals surface area contributed by atoms with Gasteiger partial charge in [0.1, 0.15) is 11.3 Å². The van der Waals surface area contributed by atoms with E-state index in [4.69, 9.17) is 0 Å². The summed E-state index contributed by atoms with van der Waals surface area (Å²) in [6.45, 7) is 1.81. The van der Waals surface area contributed by atoms with E-state index in [1.807, 2.05) is 55.6 Å². The van der Waals surface area contributed by atoms with Gasteiger partial charge in [-0.05, 0) is 47.4 Å². The molecule has 5 nitrogen and oxygen atoms in total. The third kappa shape index (κ3) is 2.76. The van der Waals surface area contributed by atoms with Crippen molar-refractivity contribution >= 4 is 17.0 Å². The van der Waals surface area contributed by atoms with Crippen LogP contribution in [0.1, 0.15) is 16.2 Å². The molecule has 2 heterocycles. The van der Waals surface area contributed by atoms with Gasteiger partial charge in [-0.25, -0.2) is 9.78 Å². The maximum absolute atomic E-state index is 11.6. The summed E-state index contributed by atoms with van der Waals surface area (Å²) in [4.78, 5) is 23.1. The van der Waals surface area contributed by atoms with Crippen LogP contribution in [0.3, 0.4) is 0 Å². The molecule has 2 aromatic carbocycles. The first kappa shape index (κ1) is 15.1. The molecule has 0 atom stereocenters. The highest BCUT2D eigenvalue weighted by atomic mass is 16.4. The van der Waals surface area contributed by atoms with Gasteiger partial charge in [-0.3, -0.25) is 4.98 Å². The second kappa shape index (κ2) is 5.87. The van der Waals surface area contributed by atoms with Gasteiger partial charge in [-0.2, -0.15) is 0 Å². The van der Waals surface area contributed by atoms with E-state index in [1.54, 1.807) is 12.3 Å². The number of fused-ring (bicyclic) bond motifs is 1. The number of imidazole rings is 1. The lowest BCUT2D eigenvalue weighted by Gasteiger charge is -2.06. The van der Waals surface area contributed by atoms with Gasteiger partial charge >= 0.3 is 5.97 Å². The Morgan fingerprint density at radius 1 is 1.00 bits per heavy atom. The van der Waals surface area contributed by atoms with Gasteiger partial charge in [0.25, 0.3) is 0 Å². The minimum atomic E-state index is -0.981. The number of carboxylic acid groups (broad SMARTS) is 1. The standard InChI is InChI=1S/C20H15N3O2/c1-12-22-18-10-16(9-17(20(24)25)19(18)23-12)14-6-4-13(5-7-14)15-3-2-8-21-11-15/h2-11H,1H3,(H,22,23)(H,24,25). The van der Waals surface area contributed by atoms with Crippen LogP contribution >= 0.6 is 0 Å². The van der Waals surface area contributed by atoms with Crippen LogP contribution in [0.4, 0.5) is 0 Å². The first-order chi connectivity index (χ1) is 12.1. The molecular weight excluding hydrogens is 314 g/mol. The van der Waals surface area contributed by atoms with E-state index in [-0.39, 0.29) is 5.56 Å². The molecule has 0 aliphatic heterocycles. The monoisotopic (exact) mass is 329 g/mol. The van der Waals surface area contributed by atoms with Gasteiger partial charge in [-0.15, -0.1) is 0 Å². The Hall–Kier alpha value is -3.47. The first-order valence-corrected chi connectivity index (χ1v) is 7.86. The van der Waals surface area contributed by atoms with E-state index in [0.29, 0.717) is 11.3 Å². The number of carboxylic acids is 1. The number of nitrogens with zero attached hydrogens (tertiary/aromatic N) is 2. The van der Waals surface area contributed by atoms with Crippen LogP contribution in [0.5, 0.6) is 0 Å². The van der Waals surface area contributed by atoms with E-state index >= 15 is 0 Å². The Morgan fingerprint density at radius 3 is 2.36 bits per heavy atom. The van der Waals surface area contributed by atoms with Crippen LogP contribution in [-0.2, 0) is 0 Å². The van der Waals surface area contributed by atoms with Gasteiger partial charge in [0, 0.05) is 12.4 Å². The number of aromatic nitrogens is 3. The molecule has 0 aliphatic carbocycles. The van der Waals surface area contributed by atoms with E-state index in [1.165, 1.54) is 0 Å². The number of H-pyrrole nitrogens is 1. The Balaban J connectivity index is 1.80. The van der Waals surface area contributed by atoms with Crippen LogP contribution < -0.4 is 0 Å². The average molecular weight is 329 g/mol. The minimum absolute atomic E-state index is 0.202. The van der Waals surface area contributed by atoms with Gasteiger partial charge in [0.05, 0.1) is 11.1 Å². The maximum Gasteiger partial charge on any atom is 0.337 e. The predicted octanol–water partition coefficient (Wildman–Crippen LogP) is 4.30. The van der Waals surface area contributed by atoms with Crippen molar-refractivity contribution in [1.29, 1.82) is 0 Å². The highest BCUT2D eigenvalue weighted by Gasteiger charge is 2.14.